The van der Waals surface area contributed by atoms with Gasteiger partial charge in [0.1, 0.15) is 0 Å². The summed E-state index contributed by atoms with van der Waals surface area (Å²) >= 11 is -2.68. The molecule has 56 heavy (non-hydrogen) atoms. The molecule has 4 aromatic rings. The third-order valence-electron chi connectivity index (χ3n) is 13.5. The Balaban J connectivity index is 0.00000266. The largest absolute Gasteiger partial charge is 1.00 e. The summed E-state index contributed by atoms with van der Waals surface area (Å²) in [6, 6.07) is 33.1. The molecule has 2 unspecified atom stereocenters. The van der Waals surface area contributed by atoms with E-state index in [0.717, 1.165) is 25.7 Å². The maximum atomic E-state index is 2.79. The summed E-state index contributed by atoms with van der Waals surface area (Å²) in [5.74, 6) is 0.531. The number of hydrogen-bond donors (Lipinski definition) is 0. The topological polar surface area (TPSA) is 0 Å². The van der Waals surface area contributed by atoms with Crippen LogP contribution in [0.5, 0.6) is 0 Å². The fourth-order valence-electron chi connectivity index (χ4n) is 10.1. The van der Waals surface area contributed by atoms with E-state index in [0.29, 0.717) is 9.54 Å². The van der Waals surface area contributed by atoms with E-state index in [1.807, 2.05) is 6.49 Å². The molecule has 0 aromatic heterocycles. The van der Waals surface area contributed by atoms with Crippen molar-refractivity contribution in [1.29, 1.82) is 0 Å². The molecule has 0 fully saturated rings. The first-order chi connectivity index (χ1) is 25.7. The Bertz CT molecular complexity index is 2260. The molecule has 4 aliphatic carbocycles. The summed E-state index contributed by atoms with van der Waals surface area (Å²) < 4.78 is 4.17. The van der Waals surface area contributed by atoms with Crippen LogP contribution in [-0.4, -0.2) is 3.21 Å². The average Bonchev–Trinajstić information content (AvgIpc) is 3.73. The van der Waals surface area contributed by atoms with Gasteiger partial charge in [0, 0.05) is 0 Å². The second kappa shape index (κ2) is 16.1. The van der Waals surface area contributed by atoms with Gasteiger partial charge in [-0.25, -0.2) is 0 Å². The molecule has 0 amide bonds. The molecule has 0 nitrogen and oxygen atoms in total. The van der Waals surface area contributed by atoms with Crippen molar-refractivity contribution < 1.29 is 46.1 Å². The van der Waals surface area contributed by atoms with Crippen molar-refractivity contribution in [3.8, 4) is 11.1 Å². The zero-order valence-corrected chi connectivity index (χ0v) is 39.3. The predicted octanol–water partition coefficient (Wildman–Crippen LogP) is 8.01. The van der Waals surface area contributed by atoms with Crippen molar-refractivity contribution in [2.75, 3.05) is 0 Å². The van der Waals surface area contributed by atoms with Gasteiger partial charge in [-0.2, -0.15) is 0 Å². The molecule has 290 valence electrons. The third-order valence-corrected chi connectivity index (χ3v) is 22.7. The van der Waals surface area contributed by atoms with Gasteiger partial charge in [0.15, 0.2) is 0 Å². The molecule has 0 radical (unpaired) electrons. The predicted molar refractivity (Wildman–Crippen MR) is 231 cm³/mol. The Kier molecular flexibility index (Phi) is 12.3. The van der Waals surface area contributed by atoms with Crippen molar-refractivity contribution >= 4 is 14.4 Å². The van der Waals surface area contributed by atoms with E-state index in [9.17, 15) is 0 Å². The maximum Gasteiger partial charge on any atom is -1.00 e. The third kappa shape index (κ3) is 7.72. The smallest absolute Gasteiger partial charge is 1.00 e. The van der Waals surface area contributed by atoms with Crippen molar-refractivity contribution in [1.82, 2.24) is 0 Å². The minimum Gasteiger partial charge on any atom is -1.00 e. The number of allylic oxidation sites excluding steroid dienone is 8. The quantitative estimate of drug-likeness (QED) is 0.156. The summed E-state index contributed by atoms with van der Waals surface area (Å²) in [7, 11) is 0. The van der Waals surface area contributed by atoms with Crippen molar-refractivity contribution in [2.24, 2.45) is 11.3 Å². The van der Waals surface area contributed by atoms with E-state index in [1.165, 1.54) is 67.6 Å². The van der Waals surface area contributed by atoms with Gasteiger partial charge in [0.2, 0.25) is 0 Å². The van der Waals surface area contributed by atoms with Crippen LogP contribution in [0.4, 0.5) is 0 Å². The molecule has 0 aliphatic heterocycles. The molecule has 0 saturated heterocycles. The van der Waals surface area contributed by atoms with Crippen LogP contribution in [0.1, 0.15) is 127 Å². The molecule has 0 N–H and O–H groups in total. The molecular formula is C53H60Cl2Zr. The van der Waals surface area contributed by atoms with Crippen LogP contribution >= 0.6 is 0 Å². The summed E-state index contributed by atoms with van der Waals surface area (Å²) in [6.45, 7) is 24.5. The summed E-state index contributed by atoms with van der Waals surface area (Å²) in [4.78, 5) is 0. The molecule has 4 aromatic carbocycles. The van der Waals surface area contributed by atoms with E-state index in [2.05, 4.69) is 178 Å². The number of halogens is 2. The van der Waals surface area contributed by atoms with Crippen molar-refractivity contribution in [3.63, 3.8) is 0 Å². The van der Waals surface area contributed by atoms with Crippen LogP contribution in [0.3, 0.4) is 0 Å². The molecule has 4 aliphatic rings. The van der Waals surface area contributed by atoms with Crippen LogP contribution in [0.25, 0.3) is 22.3 Å². The number of hydrogen-bond acceptors (Lipinski definition) is 0. The normalized spacial score (nSPS) is 19.6. The second-order valence-electron chi connectivity index (χ2n) is 19.1. The van der Waals surface area contributed by atoms with E-state index in [-0.39, 0.29) is 41.1 Å². The molecular weight excluding hydrogens is 799 g/mol. The molecule has 8 rings (SSSR count). The fourth-order valence-corrected chi connectivity index (χ4v) is 20.6. The Labute approximate surface area is 358 Å². The standard InChI is InChI=1S/C27H29.C15H14.C11H17.2ClH.Zr/c1-16-7-9-26(3,4)24-12-18-11-19-13-25-21(17(2)8-10-27(25,5)6)15-23(19)22(18)14-20(16)24;1-3-8-14(9-4-1)12-7-13-15-10-5-2-6-11-15;1-5-9-6-7-10(8-9)11(2,3)4;;;/h7-9,12-15H,10-11H2,1-6H3;1-6,8-11H,12-13H2;7-9H,5H2,1-4H3;2*1H;/q;;;;;+2/p-2. The number of benzene rings is 4. The van der Waals surface area contributed by atoms with Gasteiger partial charge in [-0.1, -0.05) is 0 Å². The minimum absolute atomic E-state index is 0. The molecule has 0 spiro atoms. The van der Waals surface area contributed by atoms with Gasteiger partial charge >= 0.3 is 336 Å². The van der Waals surface area contributed by atoms with Crippen molar-refractivity contribution in [2.45, 2.75) is 116 Å². The SMILES string of the molecule is CCC1C=C(C(C)(C)C)C=[C]1[Zr+2](=[C](Cc1ccccc1)Cc1ccccc1)[CH]1C=C(C)c2cc3c(cc2C1(C)C)Cc1cc2c(cc1-3)C(C)=CCC2(C)C.[Cl-].[Cl-]. The van der Waals surface area contributed by atoms with Gasteiger partial charge in [-0.15, -0.1) is 0 Å². The van der Waals surface area contributed by atoms with Gasteiger partial charge in [0.05, 0.1) is 0 Å². The molecule has 0 saturated carbocycles. The fraction of sp³-hybridized carbons (Fsp3) is 0.377. The van der Waals surface area contributed by atoms with Crippen molar-refractivity contribution in [3.05, 3.63) is 163 Å². The maximum absolute atomic E-state index is 2.79. The summed E-state index contributed by atoms with van der Waals surface area (Å²) in [5.41, 5.74) is 19.7. The Morgan fingerprint density at radius 2 is 1.23 bits per heavy atom. The average molecular weight is 859 g/mol. The Morgan fingerprint density at radius 3 is 1.77 bits per heavy atom. The van der Waals surface area contributed by atoms with E-state index in [1.54, 1.807) is 11.1 Å². The summed E-state index contributed by atoms with van der Waals surface area (Å²) in [6.07, 6.45) is 16.1. The zero-order valence-electron chi connectivity index (χ0n) is 35.3. The monoisotopic (exact) mass is 856 g/mol. The number of fused-ring (bicyclic) bond motifs is 5. The Morgan fingerprint density at radius 1 is 0.696 bits per heavy atom. The van der Waals surface area contributed by atoms with Crippen LogP contribution in [0, 0.1) is 11.3 Å². The minimum atomic E-state index is -2.68. The van der Waals surface area contributed by atoms with Gasteiger partial charge in [0.25, 0.3) is 0 Å². The molecule has 3 heteroatoms. The zero-order chi connectivity index (χ0) is 38.2. The molecule has 0 bridgehead atoms. The Hall–Kier alpha value is -2.83. The van der Waals surface area contributed by atoms with E-state index < -0.39 is 21.3 Å². The van der Waals surface area contributed by atoms with Crippen LogP contribution < -0.4 is 24.8 Å². The van der Waals surface area contributed by atoms with Gasteiger partial charge < -0.3 is 24.8 Å². The molecule has 2 atom stereocenters. The van der Waals surface area contributed by atoms with Gasteiger partial charge in [-0.3, -0.25) is 0 Å². The van der Waals surface area contributed by atoms with E-state index >= 15 is 0 Å². The van der Waals surface area contributed by atoms with E-state index in [4.69, 9.17) is 0 Å². The first-order valence-corrected chi connectivity index (χ1v) is 24.5. The van der Waals surface area contributed by atoms with Gasteiger partial charge in [-0.05, 0) is 0 Å². The number of rotatable bonds is 7. The van der Waals surface area contributed by atoms with Crippen LogP contribution in [0.2, 0.25) is 3.63 Å². The first kappa shape index (κ1) is 42.8. The molecule has 0 heterocycles. The summed E-state index contributed by atoms with van der Waals surface area (Å²) in [5, 5.41) is 0. The first-order valence-electron chi connectivity index (χ1n) is 20.6. The van der Waals surface area contributed by atoms with Crippen LogP contribution in [0.15, 0.2) is 118 Å². The van der Waals surface area contributed by atoms with Crippen LogP contribution in [-0.2, 0) is 51.4 Å². The second-order valence-corrected chi connectivity index (χ2v) is 25.9.